The summed E-state index contributed by atoms with van der Waals surface area (Å²) in [5, 5.41) is 0. The Kier molecular flexibility index (Phi) is 4.90. The molecule has 0 aromatic heterocycles. The van der Waals surface area contributed by atoms with Crippen molar-refractivity contribution < 1.29 is 22.8 Å². The molecular weight excluding hydrogens is 365 g/mol. The average molecular weight is 377 g/mol. The van der Waals surface area contributed by atoms with E-state index < -0.39 is 23.8 Å². The van der Waals surface area contributed by atoms with Crippen molar-refractivity contribution in [3.05, 3.63) is 46.1 Å². The number of nitrogens with one attached hydrogen (secondary N) is 2. The van der Waals surface area contributed by atoms with Crippen molar-refractivity contribution in [1.82, 2.24) is 10.9 Å². The van der Waals surface area contributed by atoms with Gasteiger partial charge in [0.1, 0.15) is 0 Å². The summed E-state index contributed by atoms with van der Waals surface area (Å²) < 4.78 is 38.0. The quantitative estimate of drug-likeness (QED) is 0.793. The molecular formula is C14H12BrF3N2O2. The van der Waals surface area contributed by atoms with Gasteiger partial charge in [0.25, 0.3) is 5.91 Å². The van der Waals surface area contributed by atoms with E-state index in [1.54, 1.807) is 24.3 Å². The topological polar surface area (TPSA) is 58.2 Å². The van der Waals surface area contributed by atoms with Gasteiger partial charge in [0, 0.05) is 10.2 Å². The number of alkyl halides is 3. The van der Waals surface area contributed by atoms with Crippen LogP contribution in [-0.4, -0.2) is 17.9 Å². The van der Waals surface area contributed by atoms with Crippen molar-refractivity contribution in [2.75, 3.05) is 0 Å². The summed E-state index contributed by atoms with van der Waals surface area (Å²) in [7, 11) is 0. The van der Waals surface area contributed by atoms with Crippen LogP contribution in [0.3, 0.4) is 0 Å². The van der Waals surface area contributed by atoms with Gasteiger partial charge >= 0.3 is 6.18 Å². The lowest BCUT2D eigenvalue weighted by atomic mass is 10.0. The highest BCUT2D eigenvalue weighted by Gasteiger charge is 2.45. The van der Waals surface area contributed by atoms with Gasteiger partial charge in [-0.1, -0.05) is 18.2 Å². The molecule has 0 aliphatic heterocycles. The van der Waals surface area contributed by atoms with Gasteiger partial charge in [-0.2, -0.15) is 13.2 Å². The maximum Gasteiger partial charge on any atom is 0.450 e. The van der Waals surface area contributed by atoms with Gasteiger partial charge in [0.2, 0.25) is 5.78 Å². The first-order valence-electron chi connectivity index (χ1n) is 6.42. The Morgan fingerprint density at radius 2 is 1.91 bits per heavy atom. The Labute approximate surface area is 132 Å². The largest absolute Gasteiger partial charge is 0.450 e. The van der Waals surface area contributed by atoms with Gasteiger partial charge in [-0.15, -0.1) is 0 Å². The lowest BCUT2D eigenvalue weighted by Crippen LogP contribution is -2.41. The number of rotatable bonds is 4. The zero-order valence-electron chi connectivity index (χ0n) is 11.2. The smallest absolute Gasteiger partial charge is 0.302 e. The Morgan fingerprint density at radius 1 is 1.23 bits per heavy atom. The van der Waals surface area contributed by atoms with Crippen LogP contribution in [-0.2, 0) is 4.79 Å². The van der Waals surface area contributed by atoms with E-state index in [1.807, 2.05) is 0 Å². The Morgan fingerprint density at radius 3 is 2.55 bits per heavy atom. The number of hydrazine groups is 1. The third kappa shape index (κ3) is 3.68. The molecule has 1 aliphatic rings. The van der Waals surface area contributed by atoms with Crippen LogP contribution in [0.25, 0.3) is 0 Å². The standard InChI is InChI=1S/C14H12BrF3N2O2/c15-10-6-2-1-4-8(10)13(22)20-19-11-7-3-5-9(11)12(21)14(16,17)18/h1-2,4,6-7,9,19H,3,5H2,(H,20,22)/t9-/m0/s1. The lowest BCUT2D eigenvalue weighted by Gasteiger charge is -2.18. The van der Waals surface area contributed by atoms with E-state index in [1.165, 1.54) is 6.08 Å². The van der Waals surface area contributed by atoms with E-state index in [4.69, 9.17) is 0 Å². The summed E-state index contributed by atoms with van der Waals surface area (Å²) in [6.45, 7) is 0. The second-order valence-electron chi connectivity index (χ2n) is 4.71. The molecule has 2 N–H and O–H groups in total. The first-order valence-corrected chi connectivity index (χ1v) is 7.22. The molecule has 8 heteroatoms. The van der Waals surface area contributed by atoms with Gasteiger partial charge in [0.05, 0.1) is 11.5 Å². The van der Waals surface area contributed by atoms with Crippen molar-refractivity contribution in [3.63, 3.8) is 0 Å². The van der Waals surface area contributed by atoms with Crippen LogP contribution in [0.2, 0.25) is 0 Å². The molecule has 0 fully saturated rings. The van der Waals surface area contributed by atoms with Gasteiger partial charge in [-0.25, -0.2) is 0 Å². The molecule has 2 rings (SSSR count). The van der Waals surface area contributed by atoms with Crippen molar-refractivity contribution in [2.24, 2.45) is 5.92 Å². The third-order valence-corrected chi connectivity index (χ3v) is 3.92. The number of Topliss-reactive ketones (excluding diaryl/α,β-unsaturated/α-hetero) is 1. The highest BCUT2D eigenvalue weighted by Crippen LogP contribution is 2.31. The van der Waals surface area contributed by atoms with Gasteiger partial charge in [-0.3, -0.25) is 15.0 Å². The van der Waals surface area contributed by atoms with Crippen LogP contribution < -0.4 is 10.9 Å². The molecule has 0 heterocycles. The summed E-state index contributed by atoms with van der Waals surface area (Å²) in [5.41, 5.74) is 5.14. The molecule has 0 bridgehead atoms. The maximum atomic E-state index is 12.5. The number of carbonyl (C=O) groups excluding carboxylic acids is 2. The Bertz CT molecular complexity index is 629. The zero-order valence-corrected chi connectivity index (χ0v) is 12.8. The van der Waals surface area contributed by atoms with Crippen LogP contribution in [0.1, 0.15) is 23.2 Å². The van der Waals surface area contributed by atoms with Crippen LogP contribution in [0.4, 0.5) is 13.2 Å². The molecule has 0 unspecified atom stereocenters. The summed E-state index contributed by atoms with van der Waals surface area (Å²) in [6.07, 6.45) is -2.98. The molecule has 0 saturated heterocycles. The SMILES string of the molecule is O=C(NNC1=CCC[C@@H]1C(=O)C(F)(F)F)c1ccccc1Br. The third-order valence-electron chi connectivity index (χ3n) is 3.23. The van der Waals surface area contributed by atoms with Crippen LogP contribution in [0.15, 0.2) is 40.5 Å². The maximum absolute atomic E-state index is 12.5. The summed E-state index contributed by atoms with van der Waals surface area (Å²) >= 11 is 3.21. The normalized spacial score (nSPS) is 17.8. The highest BCUT2D eigenvalue weighted by atomic mass is 79.9. The second kappa shape index (κ2) is 6.51. The zero-order chi connectivity index (χ0) is 16.3. The summed E-state index contributed by atoms with van der Waals surface area (Å²) in [5.74, 6) is -3.61. The molecule has 1 amide bonds. The van der Waals surface area contributed by atoms with Crippen molar-refractivity contribution in [2.45, 2.75) is 19.0 Å². The average Bonchev–Trinajstić information content (AvgIpc) is 2.91. The van der Waals surface area contributed by atoms with E-state index >= 15 is 0 Å². The summed E-state index contributed by atoms with van der Waals surface area (Å²) in [6, 6.07) is 6.61. The fourth-order valence-electron chi connectivity index (χ4n) is 2.15. The number of amides is 1. The van der Waals surface area contributed by atoms with Crippen molar-refractivity contribution >= 4 is 27.6 Å². The lowest BCUT2D eigenvalue weighted by molar-refractivity contribution is -0.174. The van der Waals surface area contributed by atoms with Gasteiger partial charge < -0.3 is 5.43 Å². The number of allylic oxidation sites excluding steroid dienone is 2. The molecule has 0 spiro atoms. The molecule has 1 aromatic rings. The molecule has 0 radical (unpaired) electrons. The molecule has 1 aliphatic carbocycles. The number of ketones is 1. The van der Waals surface area contributed by atoms with E-state index in [0.717, 1.165) is 0 Å². The van der Waals surface area contributed by atoms with Gasteiger partial charge in [0.15, 0.2) is 0 Å². The second-order valence-corrected chi connectivity index (χ2v) is 5.56. The summed E-state index contributed by atoms with van der Waals surface area (Å²) in [4.78, 5) is 23.3. The Hall–Kier alpha value is -1.83. The minimum Gasteiger partial charge on any atom is -0.302 e. The van der Waals surface area contributed by atoms with Crippen LogP contribution in [0, 0.1) is 5.92 Å². The van der Waals surface area contributed by atoms with Crippen LogP contribution in [0.5, 0.6) is 0 Å². The number of halogens is 4. The van der Waals surface area contributed by atoms with Crippen LogP contribution >= 0.6 is 15.9 Å². The van der Waals surface area contributed by atoms with E-state index in [0.29, 0.717) is 16.5 Å². The number of carbonyl (C=O) groups is 2. The molecule has 118 valence electrons. The van der Waals surface area contributed by atoms with Gasteiger partial charge in [-0.05, 0) is 40.9 Å². The first kappa shape index (κ1) is 16.5. The minimum atomic E-state index is -4.89. The molecule has 4 nitrogen and oxygen atoms in total. The van der Waals surface area contributed by atoms with E-state index in [2.05, 4.69) is 26.8 Å². The predicted octanol–water partition coefficient (Wildman–Crippen LogP) is 3.11. The highest BCUT2D eigenvalue weighted by molar-refractivity contribution is 9.10. The fourth-order valence-corrected chi connectivity index (χ4v) is 2.62. The first-order chi connectivity index (χ1) is 10.3. The van der Waals surface area contributed by atoms with Crippen molar-refractivity contribution in [1.29, 1.82) is 0 Å². The molecule has 1 aromatic carbocycles. The van der Waals surface area contributed by atoms with E-state index in [9.17, 15) is 22.8 Å². The number of hydrogen-bond donors (Lipinski definition) is 2. The van der Waals surface area contributed by atoms with E-state index in [-0.39, 0.29) is 12.1 Å². The van der Waals surface area contributed by atoms with Crippen molar-refractivity contribution in [3.8, 4) is 0 Å². The molecule has 1 atom stereocenters. The number of hydrogen-bond acceptors (Lipinski definition) is 3. The number of benzene rings is 1. The predicted molar refractivity (Wildman–Crippen MR) is 76.6 cm³/mol. The fraction of sp³-hybridized carbons (Fsp3) is 0.286. The Balaban J connectivity index is 2.01. The molecule has 22 heavy (non-hydrogen) atoms. The molecule has 0 saturated carbocycles. The monoisotopic (exact) mass is 376 g/mol. The minimum absolute atomic E-state index is 0.0720.